The number of hydrogen-bond donors (Lipinski definition) is 3. The van der Waals surface area contributed by atoms with Gasteiger partial charge in [0.25, 0.3) is 5.91 Å². The number of anilines is 1. The average Bonchev–Trinajstić information content (AvgIpc) is 3.19. The third-order valence-corrected chi connectivity index (χ3v) is 5.42. The van der Waals surface area contributed by atoms with Crippen LogP contribution in [0.25, 0.3) is 5.65 Å². The van der Waals surface area contributed by atoms with Crippen molar-refractivity contribution in [1.29, 1.82) is 0 Å². The summed E-state index contributed by atoms with van der Waals surface area (Å²) < 4.78 is 26.4. The summed E-state index contributed by atoms with van der Waals surface area (Å²) in [5, 5.41) is 9.07. The number of para-hydroxylation sites is 1. The number of carbonyl (C=O) groups is 1. The summed E-state index contributed by atoms with van der Waals surface area (Å²) in [4.78, 5) is 17.2. The molecule has 0 spiro atoms. The molecule has 166 valence electrons. The van der Waals surface area contributed by atoms with Gasteiger partial charge in [-0.15, -0.1) is 0 Å². The SMILES string of the molecule is COc1ccc2ncc(CNC3=C(C(=S)Nc4cccc(F)c4OC)C(=O)NCC3)n2c1. The Kier molecular flexibility index (Phi) is 6.22. The third kappa shape index (κ3) is 4.22. The van der Waals surface area contributed by atoms with Gasteiger partial charge >= 0.3 is 0 Å². The normalized spacial score (nSPS) is 13.7. The molecule has 4 rings (SSSR count). The van der Waals surface area contributed by atoms with Gasteiger partial charge in [-0.3, -0.25) is 9.20 Å². The minimum atomic E-state index is -0.524. The Hall–Kier alpha value is -3.66. The van der Waals surface area contributed by atoms with Gasteiger partial charge < -0.3 is 25.4 Å². The number of amides is 1. The molecule has 1 aromatic carbocycles. The summed E-state index contributed by atoms with van der Waals surface area (Å²) in [5.74, 6) is -0.0841. The monoisotopic (exact) mass is 455 g/mol. The highest BCUT2D eigenvalue weighted by Gasteiger charge is 2.25. The lowest BCUT2D eigenvalue weighted by molar-refractivity contribution is -0.117. The number of hydrogen-bond acceptors (Lipinski definition) is 6. The number of aromatic nitrogens is 2. The summed E-state index contributed by atoms with van der Waals surface area (Å²) >= 11 is 5.50. The van der Waals surface area contributed by atoms with Crippen LogP contribution < -0.4 is 25.4 Å². The van der Waals surface area contributed by atoms with E-state index in [1.54, 1.807) is 19.4 Å². The number of rotatable bonds is 7. The first-order chi connectivity index (χ1) is 15.5. The van der Waals surface area contributed by atoms with Crippen LogP contribution in [-0.2, 0) is 11.3 Å². The van der Waals surface area contributed by atoms with E-state index in [9.17, 15) is 9.18 Å². The van der Waals surface area contributed by atoms with Crippen LogP contribution in [0.15, 0.2) is 54.0 Å². The topological polar surface area (TPSA) is 88.9 Å². The fourth-order valence-electron chi connectivity index (χ4n) is 3.53. The zero-order valence-electron chi connectivity index (χ0n) is 17.6. The van der Waals surface area contributed by atoms with Gasteiger partial charge in [0.15, 0.2) is 11.6 Å². The lowest BCUT2D eigenvalue weighted by Crippen LogP contribution is -2.39. The van der Waals surface area contributed by atoms with Gasteiger partial charge in [0.05, 0.1) is 50.1 Å². The molecule has 1 aliphatic heterocycles. The summed E-state index contributed by atoms with van der Waals surface area (Å²) in [6, 6.07) is 8.17. The number of nitrogens with zero attached hydrogens (tertiary/aromatic N) is 2. The lowest BCUT2D eigenvalue weighted by Gasteiger charge is -2.23. The van der Waals surface area contributed by atoms with E-state index in [-0.39, 0.29) is 16.6 Å². The van der Waals surface area contributed by atoms with E-state index in [2.05, 4.69) is 20.9 Å². The van der Waals surface area contributed by atoms with Crippen molar-refractivity contribution >= 4 is 34.4 Å². The molecule has 0 bridgehead atoms. The van der Waals surface area contributed by atoms with E-state index >= 15 is 0 Å². The number of fused-ring (bicyclic) bond motifs is 1. The minimum absolute atomic E-state index is 0.0286. The Bertz CT molecular complexity index is 1220. The number of benzene rings is 1. The van der Waals surface area contributed by atoms with Crippen LogP contribution in [0, 0.1) is 5.82 Å². The molecule has 1 aliphatic rings. The number of methoxy groups -OCH3 is 2. The maximum atomic E-state index is 14.0. The number of thiocarbonyl (C=S) groups is 1. The average molecular weight is 456 g/mol. The van der Waals surface area contributed by atoms with E-state index in [0.717, 1.165) is 11.3 Å². The maximum absolute atomic E-state index is 14.0. The van der Waals surface area contributed by atoms with Gasteiger partial charge in [0.1, 0.15) is 16.4 Å². The van der Waals surface area contributed by atoms with Crippen molar-refractivity contribution in [1.82, 2.24) is 20.0 Å². The van der Waals surface area contributed by atoms with Gasteiger partial charge in [-0.25, -0.2) is 9.37 Å². The van der Waals surface area contributed by atoms with E-state index in [1.165, 1.54) is 19.2 Å². The summed E-state index contributed by atoms with van der Waals surface area (Å²) in [5.41, 5.74) is 3.02. The standard InChI is InChI=1S/C22H22FN5O3S/c1-30-14-6-7-18-26-11-13(28(18)12-14)10-25-16-8-9-24-21(29)19(16)22(32)27-17-5-3-4-15(23)20(17)31-2/h3-7,11-12,25H,8-10H2,1-2H3,(H,24,29)(H,27,32). The van der Waals surface area contributed by atoms with Crippen molar-refractivity contribution in [3.63, 3.8) is 0 Å². The van der Waals surface area contributed by atoms with Crippen molar-refractivity contribution in [3.8, 4) is 11.5 Å². The molecule has 0 saturated heterocycles. The molecule has 0 aliphatic carbocycles. The van der Waals surface area contributed by atoms with Crippen molar-refractivity contribution < 1.29 is 18.7 Å². The summed E-state index contributed by atoms with van der Waals surface area (Å²) in [6.07, 6.45) is 4.19. The van der Waals surface area contributed by atoms with E-state index in [1.807, 2.05) is 22.7 Å². The Morgan fingerprint density at radius 3 is 2.91 bits per heavy atom. The zero-order valence-corrected chi connectivity index (χ0v) is 18.4. The van der Waals surface area contributed by atoms with Crippen LogP contribution in [0.4, 0.5) is 10.1 Å². The molecule has 10 heteroatoms. The van der Waals surface area contributed by atoms with Crippen LogP contribution >= 0.6 is 12.2 Å². The summed E-state index contributed by atoms with van der Waals surface area (Å²) in [7, 11) is 2.98. The van der Waals surface area contributed by atoms with Gasteiger partial charge in [0, 0.05) is 18.7 Å². The molecule has 2 aromatic heterocycles. The molecule has 0 radical (unpaired) electrons. The number of pyridine rings is 1. The van der Waals surface area contributed by atoms with Crippen molar-refractivity contribution in [2.24, 2.45) is 0 Å². The zero-order chi connectivity index (χ0) is 22.7. The van der Waals surface area contributed by atoms with E-state index < -0.39 is 5.82 Å². The van der Waals surface area contributed by atoms with Crippen LogP contribution in [0.2, 0.25) is 0 Å². The second kappa shape index (κ2) is 9.23. The van der Waals surface area contributed by atoms with Crippen LogP contribution in [0.3, 0.4) is 0 Å². The molecule has 8 nitrogen and oxygen atoms in total. The summed E-state index contributed by atoms with van der Waals surface area (Å²) in [6.45, 7) is 0.907. The number of ether oxygens (including phenoxy) is 2. The Balaban J connectivity index is 1.59. The Morgan fingerprint density at radius 2 is 2.12 bits per heavy atom. The fraction of sp³-hybridized carbons (Fsp3) is 0.227. The first-order valence-electron chi connectivity index (χ1n) is 9.91. The van der Waals surface area contributed by atoms with E-state index in [4.69, 9.17) is 21.7 Å². The van der Waals surface area contributed by atoms with Gasteiger partial charge in [-0.05, 0) is 24.3 Å². The first-order valence-corrected chi connectivity index (χ1v) is 10.3. The lowest BCUT2D eigenvalue weighted by atomic mass is 10.1. The number of imidazole rings is 1. The largest absolute Gasteiger partial charge is 0.495 e. The Morgan fingerprint density at radius 1 is 1.28 bits per heavy atom. The molecule has 3 N–H and O–H groups in total. The molecule has 3 heterocycles. The quantitative estimate of drug-likeness (QED) is 0.472. The second-order valence-corrected chi connectivity index (χ2v) is 7.44. The Labute approximate surface area is 189 Å². The second-order valence-electron chi connectivity index (χ2n) is 7.03. The van der Waals surface area contributed by atoms with Gasteiger partial charge in [-0.2, -0.15) is 0 Å². The van der Waals surface area contributed by atoms with Crippen molar-refractivity contribution in [2.75, 3.05) is 26.1 Å². The molecule has 0 unspecified atom stereocenters. The van der Waals surface area contributed by atoms with Crippen molar-refractivity contribution in [3.05, 3.63) is 65.5 Å². The van der Waals surface area contributed by atoms with Crippen LogP contribution in [0.1, 0.15) is 12.1 Å². The highest BCUT2D eigenvalue weighted by atomic mass is 32.1. The number of carbonyl (C=O) groups excluding carboxylic acids is 1. The molecule has 32 heavy (non-hydrogen) atoms. The smallest absolute Gasteiger partial charge is 0.256 e. The third-order valence-electron chi connectivity index (χ3n) is 5.11. The van der Waals surface area contributed by atoms with Gasteiger partial charge in [-0.1, -0.05) is 18.3 Å². The number of nitrogens with one attached hydrogen (secondary N) is 3. The van der Waals surface area contributed by atoms with E-state index in [0.29, 0.717) is 42.2 Å². The molecule has 0 saturated carbocycles. The van der Waals surface area contributed by atoms with Crippen LogP contribution in [-0.4, -0.2) is 41.0 Å². The first kappa shape index (κ1) is 21.6. The molecule has 1 amide bonds. The minimum Gasteiger partial charge on any atom is -0.495 e. The van der Waals surface area contributed by atoms with Gasteiger partial charge in [0.2, 0.25) is 0 Å². The predicted molar refractivity (Wildman–Crippen MR) is 122 cm³/mol. The molecular formula is C22H22FN5O3S. The molecule has 0 atom stereocenters. The van der Waals surface area contributed by atoms with Crippen molar-refractivity contribution in [2.45, 2.75) is 13.0 Å². The highest BCUT2D eigenvalue weighted by molar-refractivity contribution is 7.81. The fourth-order valence-corrected chi connectivity index (χ4v) is 3.85. The molecule has 0 fully saturated rings. The number of halogens is 1. The predicted octanol–water partition coefficient (Wildman–Crippen LogP) is 2.79. The molecule has 3 aromatic rings. The molecular weight excluding hydrogens is 433 g/mol. The maximum Gasteiger partial charge on any atom is 0.256 e. The highest BCUT2D eigenvalue weighted by Crippen LogP contribution is 2.28. The van der Waals surface area contributed by atoms with Crippen LogP contribution in [0.5, 0.6) is 11.5 Å².